The summed E-state index contributed by atoms with van der Waals surface area (Å²) in [5.74, 6) is 2.64. The van der Waals surface area contributed by atoms with Crippen LogP contribution >= 0.6 is 12.4 Å². The highest BCUT2D eigenvalue weighted by Crippen LogP contribution is 2.28. The van der Waals surface area contributed by atoms with Crippen molar-refractivity contribution in [1.82, 2.24) is 9.55 Å². The van der Waals surface area contributed by atoms with Gasteiger partial charge in [0.1, 0.15) is 18.2 Å². The average Bonchev–Trinajstić information content (AvgIpc) is 2.99. The third-order valence-electron chi connectivity index (χ3n) is 4.68. The molecule has 0 radical (unpaired) electrons. The first kappa shape index (κ1) is 18.8. The molecule has 24 heavy (non-hydrogen) atoms. The highest BCUT2D eigenvalue weighted by Gasteiger charge is 2.17. The minimum absolute atomic E-state index is 0. The van der Waals surface area contributed by atoms with Gasteiger partial charge in [0, 0.05) is 25.4 Å². The van der Waals surface area contributed by atoms with Crippen molar-refractivity contribution in [2.75, 3.05) is 14.2 Å². The average molecular weight is 351 g/mol. The van der Waals surface area contributed by atoms with Crippen LogP contribution in [0.2, 0.25) is 0 Å². The lowest BCUT2D eigenvalue weighted by atomic mass is 9.89. The molecule has 1 fully saturated rings. The molecule has 3 rings (SSSR count). The molecule has 1 aromatic heterocycles. The van der Waals surface area contributed by atoms with Crippen LogP contribution in [0.25, 0.3) is 11.3 Å². The fourth-order valence-electron chi connectivity index (χ4n) is 3.43. The molecule has 1 aromatic carbocycles. The zero-order valence-electron chi connectivity index (χ0n) is 14.5. The predicted octanol–water partition coefficient (Wildman–Crippen LogP) is 4.71. The molecule has 0 aliphatic heterocycles. The molecule has 0 unspecified atom stereocenters. The van der Waals surface area contributed by atoms with Gasteiger partial charge in [0.25, 0.3) is 0 Å². The molecule has 1 aliphatic rings. The van der Waals surface area contributed by atoms with E-state index in [1.54, 1.807) is 14.2 Å². The molecule has 0 bridgehead atoms. The molecule has 2 aromatic rings. The Bertz CT molecular complexity index is 636. The molecule has 1 heterocycles. The van der Waals surface area contributed by atoms with Crippen LogP contribution in [-0.2, 0) is 17.9 Å². The SMILES string of the molecule is COCc1nc(-c2cccc(OC)c2)cn1CC1CCCCC1.Cl. The van der Waals surface area contributed by atoms with Crippen LogP contribution < -0.4 is 4.74 Å². The first-order valence-corrected chi connectivity index (χ1v) is 8.49. The Morgan fingerprint density at radius 1 is 1.17 bits per heavy atom. The number of hydrogen-bond acceptors (Lipinski definition) is 3. The van der Waals surface area contributed by atoms with Crippen molar-refractivity contribution in [3.63, 3.8) is 0 Å². The fourth-order valence-corrected chi connectivity index (χ4v) is 3.43. The van der Waals surface area contributed by atoms with Crippen molar-refractivity contribution in [3.05, 3.63) is 36.3 Å². The molecule has 1 aliphatic carbocycles. The maximum absolute atomic E-state index is 5.34. The van der Waals surface area contributed by atoms with E-state index in [1.165, 1.54) is 32.1 Å². The molecule has 0 atom stereocenters. The van der Waals surface area contributed by atoms with E-state index in [4.69, 9.17) is 14.5 Å². The third-order valence-corrected chi connectivity index (χ3v) is 4.68. The third kappa shape index (κ3) is 4.52. The predicted molar refractivity (Wildman–Crippen MR) is 98.8 cm³/mol. The number of nitrogens with zero attached hydrogens (tertiary/aromatic N) is 2. The second-order valence-electron chi connectivity index (χ2n) is 6.36. The van der Waals surface area contributed by atoms with Crippen molar-refractivity contribution < 1.29 is 9.47 Å². The van der Waals surface area contributed by atoms with E-state index in [0.29, 0.717) is 6.61 Å². The van der Waals surface area contributed by atoms with E-state index in [9.17, 15) is 0 Å². The fraction of sp³-hybridized carbons (Fsp3) is 0.526. The number of imidazole rings is 1. The Kier molecular flexibility index (Phi) is 7.13. The highest BCUT2D eigenvalue weighted by molar-refractivity contribution is 5.85. The van der Waals surface area contributed by atoms with Gasteiger partial charge in [0.15, 0.2) is 0 Å². The first-order chi connectivity index (χ1) is 11.3. The van der Waals surface area contributed by atoms with E-state index in [1.807, 2.05) is 18.2 Å². The summed E-state index contributed by atoms with van der Waals surface area (Å²) in [4.78, 5) is 4.79. The quantitative estimate of drug-likeness (QED) is 0.757. The summed E-state index contributed by atoms with van der Waals surface area (Å²) >= 11 is 0. The van der Waals surface area contributed by atoms with E-state index < -0.39 is 0 Å². The van der Waals surface area contributed by atoms with Gasteiger partial charge in [0.05, 0.1) is 12.8 Å². The molecular formula is C19H27ClN2O2. The monoisotopic (exact) mass is 350 g/mol. The van der Waals surface area contributed by atoms with Gasteiger partial charge in [-0.05, 0) is 30.9 Å². The zero-order chi connectivity index (χ0) is 16.1. The minimum Gasteiger partial charge on any atom is -0.497 e. The number of aromatic nitrogens is 2. The zero-order valence-corrected chi connectivity index (χ0v) is 15.3. The Balaban J connectivity index is 0.00000208. The van der Waals surface area contributed by atoms with Crippen LogP contribution in [-0.4, -0.2) is 23.8 Å². The summed E-state index contributed by atoms with van der Waals surface area (Å²) in [7, 11) is 3.42. The summed E-state index contributed by atoms with van der Waals surface area (Å²) in [6, 6.07) is 8.07. The molecule has 4 nitrogen and oxygen atoms in total. The standard InChI is InChI=1S/C19H26N2O2.ClH/c1-22-14-19-20-18(16-9-6-10-17(11-16)23-2)13-21(19)12-15-7-4-3-5-8-15;/h6,9-11,13,15H,3-5,7-8,12,14H2,1-2H3;1H. The van der Waals surface area contributed by atoms with Crippen LogP contribution in [0, 0.1) is 5.92 Å². The molecule has 1 saturated carbocycles. The number of halogens is 1. The van der Waals surface area contributed by atoms with Crippen LogP contribution in [0.4, 0.5) is 0 Å². The summed E-state index contributed by atoms with van der Waals surface area (Å²) in [5, 5.41) is 0. The Morgan fingerprint density at radius 2 is 1.96 bits per heavy atom. The van der Waals surface area contributed by atoms with Crippen molar-refractivity contribution in [2.45, 2.75) is 45.3 Å². The van der Waals surface area contributed by atoms with Crippen LogP contribution in [0.5, 0.6) is 5.75 Å². The number of methoxy groups -OCH3 is 2. The van der Waals surface area contributed by atoms with Gasteiger partial charge in [-0.15, -0.1) is 12.4 Å². The Hall–Kier alpha value is -1.52. The van der Waals surface area contributed by atoms with Crippen LogP contribution in [0.1, 0.15) is 37.9 Å². The molecule has 0 N–H and O–H groups in total. The van der Waals surface area contributed by atoms with E-state index >= 15 is 0 Å². The van der Waals surface area contributed by atoms with Crippen molar-refractivity contribution >= 4 is 12.4 Å². The second kappa shape index (κ2) is 9.09. The van der Waals surface area contributed by atoms with Crippen molar-refractivity contribution in [1.29, 1.82) is 0 Å². The molecule has 5 heteroatoms. The molecule has 132 valence electrons. The van der Waals surface area contributed by atoms with Crippen LogP contribution in [0.3, 0.4) is 0 Å². The molecular weight excluding hydrogens is 324 g/mol. The number of benzene rings is 1. The summed E-state index contributed by atoms with van der Waals surface area (Å²) in [6.45, 7) is 1.60. The van der Waals surface area contributed by atoms with Crippen LogP contribution in [0.15, 0.2) is 30.5 Å². The van der Waals surface area contributed by atoms with E-state index in [-0.39, 0.29) is 12.4 Å². The normalized spacial score (nSPS) is 15.1. The Morgan fingerprint density at radius 3 is 2.67 bits per heavy atom. The topological polar surface area (TPSA) is 36.3 Å². The van der Waals surface area contributed by atoms with Gasteiger partial charge in [-0.25, -0.2) is 4.98 Å². The number of rotatable bonds is 6. The van der Waals surface area contributed by atoms with Gasteiger partial charge in [-0.3, -0.25) is 0 Å². The lowest BCUT2D eigenvalue weighted by Crippen LogP contribution is -2.15. The summed E-state index contributed by atoms with van der Waals surface area (Å²) in [6.07, 6.45) is 8.94. The first-order valence-electron chi connectivity index (χ1n) is 8.49. The van der Waals surface area contributed by atoms with Gasteiger partial charge < -0.3 is 14.0 Å². The highest BCUT2D eigenvalue weighted by atomic mass is 35.5. The maximum Gasteiger partial charge on any atom is 0.135 e. The van der Waals surface area contributed by atoms with E-state index in [0.717, 1.165) is 35.3 Å². The minimum atomic E-state index is 0. The summed E-state index contributed by atoms with van der Waals surface area (Å²) < 4.78 is 13.0. The van der Waals surface area contributed by atoms with Gasteiger partial charge >= 0.3 is 0 Å². The molecule has 0 amide bonds. The van der Waals surface area contributed by atoms with E-state index in [2.05, 4.69) is 16.8 Å². The smallest absolute Gasteiger partial charge is 0.135 e. The summed E-state index contributed by atoms with van der Waals surface area (Å²) in [5.41, 5.74) is 2.08. The second-order valence-corrected chi connectivity index (χ2v) is 6.36. The lowest BCUT2D eigenvalue weighted by Gasteiger charge is -2.22. The van der Waals surface area contributed by atoms with Crippen molar-refractivity contribution in [2.24, 2.45) is 5.92 Å². The largest absolute Gasteiger partial charge is 0.497 e. The van der Waals surface area contributed by atoms with Gasteiger partial charge in [-0.2, -0.15) is 0 Å². The molecule has 0 saturated heterocycles. The van der Waals surface area contributed by atoms with Gasteiger partial charge in [0.2, 0.25) is 0 Å². The lowest BCUT2D eigenvalue weighted by molar-refractivity contribution is 0.171. The Labute approximate surface area is 150 Å². The number of ether oxygens (including phenoxy) is 2. The maximum atomic E-state index is 5.34. The number of hydrogen-bond donors (Lipinski definition) is 0. The van der Waals surface area contributed by atoms with Gasteiger partial charge in [-0.1, -0.05) is 31.4 Å². The van der Waals surface area contributed by atoms with Crippen molar-refractivity contribution in [3.8, 4) is 17.0 Å². The molecule has 0 spiro atoms.